The molecule has 7 N–H and O–H groups in total. The van der Waals surface area contributed by atoms with Gasteiger partial charge in [0.05, 0.1) is 22.8 Å². The molecular formula is C56H61N9. The first-order valence-electron chi connectivity index (χ1n) is 23.1. The summed E-state index contributed by atoms with van der Waals surface area (Å²) in [6, 6.07) is 31.2. The molecule has 9 heteroatoms. The summed E-state index contributed by atoms with van der Waals surface area (Å²) in [5.74, 6) is 0. The van der Waals surface area contributed by atoms with Crippen molar-refractivity contribution in [2.45, 2.75) is 116 Å². The van der Waals surface area contributed by atoms with Gasteiger partial charge in [-0.05, 0) is 192 Å². The highest BCUT2D eigenvalue weighted by Crippen LogP contribution is 2.43. The number of H-pyrrole nitrogens is 7. The van der Waals surface area contributed by atoms with Crippen LogP contribution in [0.5, 0.6) is 0 Å². The lowest BCUT2D eigenvalue weighted by atomic mass is 9.84. The van der Waals surface area contributed by atoms with Crippen LogP contribution in [0.1, 0.15) is 163 Å². The van der Waals surface area contributed by atoms with E-state index in [-0.39, 0.29) is 21.7 Å². The van der Waals surface area contributed by atoms with Gasteiger partial charge in [0.2, 0.25) is 0 Å². The van der Waals surface area contributed by atoms with Crippen molar-refractivity contribution < 1.29 is 0 Å². The van der Waals surface area contributed by atoms with Crippen LogP contribution in [0.4, 0.5) is 0 Å². The highest BCUT2D eigenvalue weighted by Gasteiger charge is 2.38. The van der Waals surface area contributed by atoms with Gasteiger partial charge in [-0.2, -0.15) is 0 Å². The van der Waals surface area contributed by atoms with Crippen LogP contribution < -0.4 is 0 Å². The first-order valence-corrected chi connectivity index (χ1v) is 23.1. The van der Waals surface area contributed by atoms with Gasteiger partial charge >= 0.3 is 0 Å². The van der Waals surface area contributed by atoms with Crippen LogP contribution in [-0.4, -0.2) is 46.3 Å². The molecule has 0 radical (unpaired) electrons. The molecule has 5 aliphatic heterocycles. The quantitative estimate of drug-likeness (QED) is 0.0782. The summed E-state index contributed by atoms with van der Waals surface area (Å²) in [5.41, 5.74) is 18.7. The van der Waals surface area contributed by atoms with Gasteiger partial charge in [-0.3, -0.25) is 9.98 Å². The number of aromatic amines is 7. The Morgan fingerprint density at radius 3 is 0.738 bits per heavy atom. The molecule has 0 amide bonds. The number of hydrogen-bond acceptors (Lipinski definition) is 2. The molecule has 7 aromatic rings. The first kappa shape index (κ1) is 41.0. The second-order valence-electron chi connectivity index (χ2n) is 21.9. The standard InChI is InChI=1S/C56H61N9/c1-51(2)37-19-13-31(57-37)49-32-14-21-39(58-32)53(5,6)45-27-29-47(64-45)55(9,10)41-23-17-35(61-41)50(34-16-20-38(60-34)52(3,4)44-26-25-43(51)63-44)36-18-24-42(62-36)56(11,12)48-30-28-46(65-48)54(7,8)40-22-15-33(49)59-40/h13-30,57-58,60-61,63-65H,1-12H3. The number of hydrogen-bond donors (Lipinski definition) is 7. The minimum Gasteiger partial charge on any atom is -0.361 e. The maximum atomic E-state index is 5.50. The number of aromatic nitrogens is 7. The van der Waals surface area contributed by atoms with E-state index < -0.39 is 10.8 Å². The Balaban J connectivity index is 1.22. The van der Waals surface area contributed by atoms with Crippen LogP contribution >= 0.6 is 0 Å². The zero-order valence-electron chi connectivity index (χ0n) is 39.8. The molecule has 65 heavy (non-hydrogen) atoms. The molecule has 0 aliphatic carbocycles. The maximum Gasteiger partial charge on any atom is 0.0748 e. The van der Waals surface area contributed by atoms with Crippen LogP contribution in [0.25, 0.3) is 11.1 Å². The van der Waals surface area contributed by atoms with Crippen LogP contribution in [0.3, 0.4) is 0 Å². The van der Waals surface area contributed by atoms with E-state index in [1.807, 2.05) is 0 Å². The van der Waals surface area contributed by atoms with Gasteiger partial charge in [0, 0.05) is 123 Å². The van der Waals surface area contributed by atoms with Crippen molar-refractivity contribution in [2.24, 2.45) is 9.98 Å². The van der Waals surface area contributed by atoms with Crippen molar-refractivity contribution in [3.05, 3.63) is 200 Å². The molecule has 9 nitrogen and oxygen atoms in total. The summed E-state index contributed by atoms with van der Waals surface area (Å²) < 4.78 is 0. The van der Waals surface area contributed by atoms with E-state index in [1.54, 1.807) is 0 Å². The second-order valence-corrected chi connectivity index (χ2v) is 21.9. The highest BCUT2D eigenvalue weighted by molar-refractivity contribution is 6.08. The minimum atomic E-state index is -0.425. The Morgan fingerprint density at radius 1 is 0.262 bits per heavy atom. The van der Waals surface area contributed by atoms with Crippen molar-refractivity contribution in [3.8, 4) is 0 Å². The van der Waals surface area contributed by atoms with Crippen LogP contribution in [0.15, 0.2) is 131 Å². The third-order valence-electron chi connectivity index (χ3n) is 15.7. The van der Waals surface area contributed by atoms with Gasteiger partial charge in [-0.25, -0.2) is 0 Å². The molecule has 0 saturated heterocycles. The van der Waals surface area contributed by atoms with Gasteiger partial charge in [0.25, 0.3) is 0 Å². The average molecular weight is 860 g/mol. The number of nitrogens with one attached hydrogen (secondary N) is 7. The van der Waals surface area contributed by atoms with Crippen LogP contribution in [-0.2, 0) is 32.5 Å². The zero-order valence-corrected chi connectivity index (χ0v) is 39.8. The molecular weight excluding hydrogens is 799 g/mol. The van der Waals surface area contributed by atoms with E-state index in [0.717, 1.165) is 114 Å². The Labute approximate surface area is 381 Å². The average Bonchev–Trinajstić information content (AvgIpc) is 4.10. The molecule has 20 bridgehead atoms. The normalized spacial score (nSPS) is 20.7. The van der Waals surface area contributed by atoms with Gasteiger partial charge in [-0.1, -0.05) is 0 Å². The van der Waals surface area contributed by atoms with E-state index in [1.165, 1.54) is 0 Å². The van der Waals surface area contributed by atoms with Crippen LogP contribution in [0, 0.1) is 0 Å². The SMILES string of the molecule is CC1(C)C2=NC(=C3c4ccc([nH]4)C(C)(C)c4ccc([nH]4)C(C)(C)c4ccc([nH]4)C(=C4C=CC(=N4)C(C)(C)c4ccc1[nH]4)c1ccc([nH]1)C(C)(C)c1ccc([nH]1)C(C)(C)c1ccc3[nH]1)C=C2. The maximum absolute atomic E-state index is 5.50. The predicted molar refractivity (Wildman–Crippen MR) is 265 cm³/mol. The number of allylic oxidation sites excluding steroid dienone is 4. The van der Waals surface area contributed by atoms with E-state index >= 15 is 0 Å². The summed E-state index contributed by atoms with van der Waals surface area (Å²) in [6.45, 7) is 27.3. The fourth-order valence-electron chi connectivity index (χ4n) is 10.4. The van der Waals surface area contributed by atoms with Crippen LogP contribution in [0.2, 0.25) is 0 Å². The van der Waals surface area contributed by atoms with E-state index in [9.17, 15) is 0 Å². The third-order valence-corrected chi connectivity index (χ3v) is 15.7. The Morgan fingerprint density at radius 2 is 0.477 bits per heavy atom. The summed E-state index contributed by atoms with van der Waals surface area (Å²) in [7, 11) is 0. The predicted octanol–water partition coefficient (Wildman–Crippen LogP) is 12.4. The molecule has 5 aliphatic rings. The lowest BCUT2D eigenvalue weighted by molar-refractivity contribution is 0.572. The monoisotopic (exact) mass is 860 g/mol. The smallest absolute Gasteiger partial charge is 0.0748 e. The van der Waals surface area contributed by atoms with Crippen molar-refractivity contribution in [1.29, 1.82) is 0 Å². The number of rotatable bonds is 0. The molecule has 0 saturated carbocycles. The molecule has 0 fully saturated rings. The summed E-state index contributed by atoms with van der Waals surface area (Å²) in [5, 5.41) is 0. The topological polar surface area (TPSA) is 135 Å². The van der Waals surface area contributed by atoms with Crippen molar-refractivity contribution in [3.63, 3.8) is 0 Å². The lowest BCUT2D eigenvalue weighted by Gasteiger charge is -2.26. The van der Waals surface area contributed by atoms with Crippen molar-refractivity contribution in [2.75, 3.05) is 0 Å². The van der Waals surface area contributed by atoms with Gasteiger partial charge < -0.3 is 34.9 Å². The van der Waals surface area contributed by atoms with Crippen molar-refractivity contribution in [1.82, 2.24) is 34.9 Å². The molecule has 330 valence electrons. The molecule has 12 rings (SSSR count). The fourth-order valence-corrected chi connectivity index (χ4v) is 10.4. The molecule has 0 spiro atoms. The Bertz CT molecular complexity index is 2910. The molecule has 0 atom stereocenters. The Kier molecular flexibility index (Phi) is 8.46. The first-order chi connectivity index (χ1) is 30.7. The number of aliphatic imine (C=N–C) groups is 2. The second kappa shape index (κ2) is 13.4. The van der Waals surface area contributed by atoms with E-state index in [4.69, 9.17) is 9.98 Å². The Hall–Kier alpha value is -6.74. The molecule has 0 unspecified atom stereocenters. The molecule has 0 aromatic carbocycles. The molecule has 12 heterocycles. The lowest BCUT2D eigenvalue weighted by Crippen LogP contribution is -2.30. The summed E-state index contributed by atoms with van der Waals surface area (Å²) in [4.78, 5) is 38.4. The summed E-state index contributed by atoms with van der Waals surface area (Å²) in [6.07, 6.45) is 8.74. The number of nitrogens with zero attached hydrogens (tertiary/aromatic N) is 2. The zero-order chi connectivity index (χ0) is 45.6. The minimum absolute atomic E-state index is 0.374. The van der Waals surface area contributed by atoms with E-state index in [0.29, 0.717) is 0 Å². The largest absolute Gasteiger partial charge is 0.361 e. The van der Waals surface area contributed by atoms with E-state index in [2.05, 4.69) is 227 Å². The van der Waals surface area contributed by atoms with Gasteiger partial charge in [0.1, 0.15) is 0 Å². The fraction of sp³-hybridized carbons (Fsp3) is 0.321. The molecule has 7 aromatic heterocycles. The van der Waals surface area contributed by atoms with Gasteiger partial charge in [-0.15, -0.1) is 0 Å². The highest BCUT2D eigenvalue weighted by atomic mass is 14.9. The third kappa shape index (κ3) is 6.03. The van der Waals surface area contributed by atoms with Crippen molar-refractivity contribution >= 4 is 22.6 Å². The van der Waals surface area contributed by atoms with Gasteiger partial charge in [0.15, 0.2) is 0 Å². The summed E-state index contributed by atoms with van der Waals surface area (Å²) >= 11 is 0.